The number of benzene rings is 1. The molecule has 1 aromatic heterocycles. The van der Waals surface area contributed by atoms with Crippen LogP contribution in [0.2, 0.25) is 0 Å². The SMILES string of the molecule is C=CNCCCCOC(=O)c1c[nH]c2cc(C#N)cc(C)c12. The molecule has 0 aliphatic carbocycles. The molecule has 1 heterocycles. The highest BCUT2D eigenvalue weighted by molar-refractivity contribution is 6.05. The molecular formula is C17H19N3O2. The highest BCUT2D eigenvalue weighted by atomic mass is 16.5. The van der Waals surface area contributed by atoms with Gasteiger partial charge in [0.2, 0.25) is 0 Å². The van der Waals surface area contributed by atoms with E-state index in [2.05, 4.69) is 22.9 Å². The maximum Gasteiger partial charge on any atom is 0.340 e. The maximum atomic E-state index is 12.2. The second-order valence-corrected chi connectivity index (χ2v) is 5.03. The van der Waals surface area contributed by atoms with Gasteiger partial charge in [0.15, 0.2) is 0 Å². The van der Waals surface area contributed by atoms with Crippen LogP contribution in [0.4, 0.5) is 0 Å². The summed E-state index contributed by atoms with van der Waals surface area (Å²) in [6.07, 6.45) is 5.00. The molecular weight excluding hydrogens is 278 g/mol. The largest absolute Gasteiger partial charge is 0.462 e. The lowest BCUT2D eigenvalue weighted by Crippen LogP contribution is -2.10. The minimum Gasteiger partial charge on any atom is -0.462 e. The number of hydrogen-bond acceptors (Lipinski definition) is 4. The van der Waals surface area contributed by atoms with Gasteiger partial charge in [-0.1, -0.05) is 6.58 Å². The van der Waals surface area contributed by atoms with Gasteiger partial charge >= 0.3 is 5.97 Å². The first-order chi connectivity index (χ1) is 10.7. The Labute approximate surface area is 129 Å². The Morgan fingerprint density at radius 1 is 1.50 bits per heavy atom. The van der Waals surface area contributed by atoms with Crippen molar-refractivity contribution in [3.8, 4) is 6.07 Å². The smallest absolute Gasteiger partial charge is 0.340 e. The summed E-state index contributed by atoms with van der Waals surface area (Å²) >= 11 is 0. The molecule has 5 heteroatoms. The van der Waals surface area contributed by atoms with E-state index < -0.39 is 0 Å². The predicted octanol–water partition coefficient (Wildman–Crippen LogP) is 3.02. The first-order valence-electron chi connectivity index (χ1n) is 7.20. The molecule has 0 spiro atoms. The van der Waals surface area contributed by atoms with Crippen LogP contribution < -0.4 is 5.32 Å². The monoisotopic (exact) mass is 297 g/mol. The number of carbonyl (C=O) groups is 1. The highest BCUT2D eigenvalue weighted by Gasteiger charge is 2.15. The van der Waals surface area contributed by atoms with E-state index in [0.29, 0.717) is 17.7 Å². The van der Waals surface area contributed by atoms with Crippen molar-refractivity contribution in [2.45, 2.75) is 19.8 Å². The molecule has 1 aromatic carbocycles. The van der Waals surface area contributed by atoms with Gasteiger partial charge in [-0.15, -0.1) is 0 Å². The van der Waals surface area contributed by atoms with Crippen LogP contribution >= 0.6 is 0 Å². The fourth-order valence-corrected chi connectivity index (χ4v) is 2.38. The van der Waals surface area contributed by atoms with E-state index >= 15 is 0 Å². The molecule has 0 fully saturated rings. The number of nitriles is 1. The summed E-state index contributed by atoms with van der Waals surface area (Å²) in [7, 11) is 0. The molecule has 0 amide bonds. The minimum absolute atomic E-state index is 0.337. The van der Waals surface area contributed by atoms with E-state index in [9.17, 15) is 4.79 Å². The summed E-state index contributed by atoms with van der Waals surface area (Å²) in [4.78, 5) is 15.2. The second kappa shape index (κ2) is 7.32. The van der Waals surface area contributed by atoms with Crippen LogP contribution in [0.3, 0.4) is 0 Å². The van der Waals surface area contributed by atoms with Crippen LogP contribution in [-0.4, -0.2) is 24.1 Å². The zero-order chi connectivity index (χ0) is 15.9. The summed E-state index contributed by atoms with van der Waals surface area (Å²) in [5.74, 6) is -0.337. The molecule has 0 saturated carbocycles. The van der Waals surface area contributed by atoms with Gasteiger partial charge in [0.25, 0.3) is 0 Å². The van der Waals surface area contributed by atoms with E-state index in [4.69, 9.17) is 10.00 Å². The van der Waals surface area contributed by atoms with Crippen LogP contribution in [0.5, 0.6) is 0 Å². The Morgan fingerprint density at radius 2 is 2.32 bits per heavy atom. The molecule has 5 nitrogen and oxygen atoms in total. The van der Waals surface area contributed by atoms with Gasteiger partial charge in [0.05, 0.1) is 23.8 Å². The van der Waals surface area contributed by atoms with Crippen molar-refractivity contribution < 1.29 is 9.53 Å². The van der Waals surface area contributed by atoms with Gasteiger partial charge in [0, 0.05) is 23.6 Å². The summed E-state index contributed by atoms with van der Waals surface area (Å²) in [5, 5.41) is 12.8. The number of hydrogen-bond donors (Lipinski definition) is 2. The number of ether oxygens (including phenoxy) is 1. The normalized spacial score (nSPS) is 10.2. The zero-order valence-corrected chi connectivity index (χ0v) is 12.6. The molecule has 0 aliphatic heterocycles. The lowest BCUT2D eigenvalue weighted by atomic mass is 10.0. The van der Waals surface area contributed by atoms with Crippen molar-refractivity contribution in [3.05, 3.63) is 47.8 Å². The van der Waals surface area contributed by atoms with Gasteiger partial charge in [0.1, 0.15) is 0 Å². The third-order valence-electron chi connectivity index (χ3n) is 3.42. The fourth-order valence-electron chi connectivity index (χ4n) is 2.38. The van der Waals surface area contributed by atoms with Crippen molar-refractivity contribution in [1.29, 1.82) is 5.26 Å². The number of aromatic nitrogens is 1. The molecule has 2 N–H and O–H groups in total. The van der Waals surface area contributed by atoms with Crippen molar-refractivity contribution >= 4 is 16.9 Å². The van der Waals surface area contributed by atoms with Crippen LogP contribution in [0.1, 0.15) is 34.3 Å². The molecule has 2 rings (SSSR count). The average Bonchev–Trinajstić information content (AvgIpc) is 2.95. The van der Waals surface area contributed by atoms with E-state index in [1.165, 1.54) is 0 Å². The standard InChI is InChI=1S/C17H19N3O2/c1-3-19-6-4-5-7-22-17(21)14-11-20-15-9-13(10-18)8-12(2)16(14)15/h3,8-9,11,19-20H,1,4-7H2,2H3. The molecule has 2 aromatic rings. The van der Waals surface area contributed by atoms with Gasteiger partial charge in [-0.25, -0.2) is 4.79 Å². The number of nitrogens with one attached hydrogen (secondary N) is 2. The third-order valence-corrected chi connectivity index (χ3v) is 3.42. The Balaban J connectivity index is 2.03. The Kier molecular flexibility index (Phi) is 5.21. The van der Waals surface area contributed by atoms with Crippen LogP contribution in [0, 0.1) is 18.3 Å². The number of aromatic amines is 1. The van der Waals surface area contributed by atoms with E-state index in [0.717, 1.165) is 35.9 Å². The number of esters is 1. The summed E-state index contributed by atoms with van der Waals surface area (Å²) in [6, 6.07) is 5.62. The molecule has 0 bridgehead atoms. The van der Waals surface area contributed by atoms with Crippen molar-refractivity contribution in [1.82, 2.24) is 10.3 Å². The van der Waals surface area contributed by atoms with E-state index in [1.807, 2.05) is 6.92 Å². The quantitative estimate of drug-likeness (QED) is 0.608. The van der Waals surface area contributed by atoms with Crippen LogP contribution in [0.25, 0.3) is 10.9 Å². The lowest BCUT2D eigenvalue weighted by molar-refractivity contribution is 0.0501. The van der Waals surface area contributed by atoms with Gasteiger partial charge in [-0.2, -0.15) is 5.26 Å². The van der Waals surface area contributed by atoms with Crippen molar-refractivity contribution in [2.24, 2.45) is 0 Å². The zero-order valence-electron chi connectivity index (χ0n) is 12.6. The first-order valence-corrected chi connectivity index (χ1v) is 7.20. The Hall–Kier alpha value is -2.74. The maximum absolute atomic E-state index is 12.2. The van der Waals surface area contributed by atoms with Gasteiger partial charge < -0.3 is 15.0 Å². The number of rotatable bonds is 7. The first kappa shape index (κ1) is 15.6. The Bertz CT molecular complexity index is 725. The number of aryl methyl sites for hydroxylation is 1. The minimum atomic E-state index is -0.337. The number of unbranched alkanes of at least 4 members (excludes halogenated alkanes) is 1. The summed E-state index contributed by atoms with van der Waals surface area (Å²) in [5.41, 5.74) is 2.75. The van der Waals surface area contributed by atoms with Gasteiger partial charge in [-0.05, 0) is 43.7 Å². The molecule has 114 valence electrons. The molecule has 0 aliphatic rings. The van der Waals surface area contributed by atoms with E-state index in [-0.39, 0.29) is 5.97 Å². The summed E-state index contributed by atoms with van der Waals surface area (Å²) < 4.78 is 5.31. The van der Waals surface area contributed by atoms with Crippen molar-refractivity contribution in [3.63, 3.8) is 0 Å². The molecule has 0 saturated heterocycles. The fraction of sp³-hybridized carbons (Fsp3) is 0.294. The van der Waals surface area contributed by atoms with Crippen LogP contribution in [0.15, 0.2) is 31.1 Å². The summed E-state index contributed by atoms with van der Waals surface area (Å²) in [6.45, 7) is 6.67. The Morgan fingerprint density at radius 3 is 3.05 bits per heavy atom. The van der Waals surface area contributed by atoms with E-state index in [1.54, 1.807) is 24.5 Å². The number of fused-ring (bicyclic) bond motifs is 1. The second-order valence-electron chi connectivity index (χ2n) is 5.03. The molecule has 0 unspecified atom stereocenters. The molecule has 22 heavy (non-hydrogen) atoms. The number of nitrogens with zero attached hydrogens (tertiary/aromatic N) is 1. The van der Waals surface area contributed by atoms with Crippen LogP contribution in [-0.2, 0) is 4.74 Å². The highest BCUT2D eigenvalue weighted by Crippen LogP contribution is 2.24. The number of H-pyrrole nitrogens is 1. The average molecular weight is 297 g/mol. The topological polar surface area (TPSA) is 77.9 Å². The third kappa shape index (κ3) is 3.47. The van der Waals surface area contributed by atoms with Crippen molar-refractivity contribution in [2.75, 3.05) is 13.2 Å². The number of carbonyl (C=O) groups excluding carboxylic acids is 1. The predicted molar refractivity (Wildman–Crippen MR) is 85.5 cm³/mol. The molecule has 0 atom stereocenters. The lowest BCUT2D eigenvalue weighted by Gasteiger charge is -2.05. The van der Waals surface area contributed by atoms with Gasteiger partial charge in [-0.3, -0.25) is 0 Å². The molecule has 0 radical (unpaired) electrons.